The highest BCUT2D eigenvalue weighted by molar-refractivity contribution is 4.99. The smallest absolute Gasteiger partial charge is 0.0167 e. The zero-order valence-electron chi connectivity index (χ0n) is 7.34. The van der Waals surface area contributed by atoms with Crippen LogP contribution in [0.1, 0.15) is 32.1 Å². The van der Waals surface area contributed by atoms with Crippen molar-refractivity contribution in [1.29, 1.82) is 0 Å². The first-order chi connectivity index (χ1) is 5.20. The average molecular weight is 154 g/mol. The van der Waals surface area contributed by atoms with Crippen LogP contribution in [0.3, 0.4) is 0 Å². The molecule has 2 N–H and O–H groups in total. The molecule has 2 saturated carbocycles. The lowest BCUT2D eigenvalue weighted by Crippen LogP contribution is -2.30. The predicted molar refractivity (Wildman–Crippen MR) is 46.4 cm³/mol. The van der Waals surface area contributed by atoms with Crippen LogP contribution in [0.4, 0.5) is 0 Å². The molecule has 11 heavy (non-hydrogen) atoms. The maximum atomic E-state index is 5.99. The van der Waals surface area contributed by atoms with E-state index in [2.05, 4.69) is 11.9 Å². The summed E-state index contributed by atoms with van der Waals surface area (Å²) >= 11 is 0. The van der Waals surface area contributed by atoms with Crippen molar-refractivity contribution in [2.24, 2.45) is 5.73 Å². The number of rotatable bonds is 4. The van der Waals surface area contributed by atoms with Gasteiger partial charge in [-0.25, -0.2) is 0 Å². The molecule has 0 aliphatic heterocycles. The monoisotopic (exact) mass is 154 g/mol. The van der Waals surface area contributed by atoms with E-state index in [1.807, 2.05) is 0 Å². The summed E-state index contributed by atoms with van der Waals surface area (Å²) < 4.78 is 0. The minimum Gasteiger partial charge on any atom is -0.325 e. The maximum absolute atomic E-state index is 5.99. The summed E-state index contributed by atoms with van der Waals surface area (Å²) in [6.07, 6.45) is 6.54. The highest BCUT2D eigenvalue weighted by atomic mass is 15.2. The topological polar surface area (TPSA) is 29.3 Å². The molecule has 0 spiro atoms. The summed E-state index contributed by atoms with van der Waals surface area (Å²) in [5, 5.41) is 0. The standard InChI is InChI=1S/C9H18N2/c1-11(8-2-3-8)7-6-9(10)4-5-9/h8H,2-7,10H2,1H3. The third-order valence-electron chi connectivity index (χ3n) is 3.02. The number of hydrogen-bond acceptors (Lipinski definition) is 2. The van der Waals surface area contributed by atoms with Crippen LogP contribution in [0, 0.1) is 0 Å². The van der Waals surface area contributed by atoms with Gasteiger partial charge in [-0.05, 0) is 45.7 Å². The largest absolute Gasteiger partial charge is 0.325 e. The van der Waals surface area contributed by atoms with Gasteiger partial charge in [0.1, 0.15) is 0 Å². The van der Waals surface area contributed by atoms with Crippen LogP contribution in [0.5, 0.6) is 0 Å². The molecule has 0 amide bonds. The Morgan fingerprint density at radius 2 is 2.09 bits per heavy atom. The van der Waals surface area contributed by atoms with Gasteiger partial charge in [0.25, 0.3) is 0 Å². The quantitative estimate of drug-likeness (QED) is 0.653. The first kappa shape index (κ1) is 7.56. The Kier molecular flexibility index (Phi) is 1.69. The minimum absolute atomic E-state index is 0.253. The van der Waals surface area contributed by atoms with E-state index in [9.17, 15) is 0 Å². The van der Waals surface area contributed by atoms with Crippen molar-refractivity contribution in [3.63, 3.8) is 0 Å². The van der Waals surface area contributed by atoms with Crippen LogP contribution in [-0.2, 0) is 0 Å². The lowest BCUT2D eigenvalue weighted by atomic mass is 10.2. The Morgan fingerprint density at radius 3 is 2.55 bits per heavy atom. The summed E-state index contributed by atoms with van der Waals surface area (Å²) in [6.45, 7) is 1.21. The molecule has 2 heteroatoms. The van der Waals surface area contributed by atoms with E-state index >= 15 is 0 Å². The normalized spacial score (nSPS) is 27.5. The van der Waals surface area contributed by atoms with Crippen LogP contribution in [-0.4, -0.2) is 30.1 Å². The molecular formula is C9H18N2. The fourth-order valence-corrected chi connectivity index (χ4v) is 1.51. The van der Waals surface area contributed by atoms with Crippen molar-refractivity contribution in [3.05, 3.63) is 0 Å². The molecule has 2 aliphatic rings. The first-order valence-electron chi connectivity index (χ1n) is 4.69. The van der Waals surface area contributed by atoms with Crippen molar-refractivity contribution >= 4 is 0 Å². The lowest BCUT2D eigenvalue weighted by molar-refractivity contribution is 0.305. The maximum Gasteiger partial charge on any atom is 0.0167 e. The van der Waals surface area contributed by atoms with Gasteiger partial charge in [0.05, 0.1) is 0 Å². The van der Waals surface area contributed by atoms with Crippen molar-refractivity contribution in [2.45, 2.75) is 43.7 Å². The van der Waals surface area contributed by atoms with Gasteiger partial charge in [0.2, 0.25) is 0 Å². The van der Waals surface area contributed by atoms with Gasteiger partial charge in [-0.15, -0.1) is 0 Å². The number of hydrogen-bond donors (Lipinski definition) is 1. The molecule has 0 radical (unpaired) electrons. The Labute approximate surface area is 68.7 Å². The van der Waals surface area contributed by atoms with Crippen LogP contribution in [0.25, 0.3) is 0 Å². The third kappa shape index (κ3) is 1.94. The van der Waals surface area contributed by atoms with Crippen molar-refractivity contribution in [3.8, 4) is 0 Å². The molecule has 0 aromatic carbocycles. The van der Waals surface area contributed by atoms with Crippen molar-refractivity contribution in [2.75, 3.05) is 13.6 Å². The lowest BCUT2D eigenvalue weighted by Gasteiger charge is -2.17. The van der Waals surface area contributed by atoms with Gasteiger partial charge < -0.3 is 10.6 Å². The molecule has 2 fully saturated rings. The van der Waals surface area contributed by atoms with E-state index in [4.69, 9.17) is 5.73 Å². The molecule has 0 bridgehead atoms. The average Bonchev–Trinajstić information content (AvgIpc) is 2.76. The summed E-state index contributed by atoms with van der Waals surface area (Å²) in [6, 6.07) is 0.900. The van der Waals surface area contributed by atoms with Crippen LogP contribution >= 0.6 is 0 Å². The van der Waals surface area contributed by atoms with Crippen LogP contribution in [0.15, 0.2) is 0 Å². The van der Waals surface area contributed by atoms with Gasteiger partial charge in [-0.2, -0.15) is 0 Å². The summed E-state index contributed by atoms with van der Waals surface area (Å²) in [4.78, 5) is 2.47. The minimum atomic E-state index is 0.253. The Hall–Kier alpha value is -0.0800. The third-order valence-corrected chi connectivity index (χ3v) is 3.02. The van der Waals surface area contributed by atoms with Crippen LogP contribution < -0.4 is 5.73 Å². The molecule has 2 aliphatic carbocycles. The molecule has 0 atom stereocenters. The summed E-state index contributed by atoms with van der Waals surface area (Å²) in [5.41, 5.74) is 6.24. The molecule has 2 rings (SSSR count). The number of nitrogens with two attached hydrogens (primary N) is 1. The molecule has 0 unspecified atom stereocenters. The second kappa shape index (κ2) is 2.46. The van der Waals surface area contributed by atoms with Gasteiger partial charge in [-0.1, -0.05) is 0 Å². The molecule has 2 nitrogen and oxygen atoms in total. The number of nitrogens with zero attached hydrogens (tertiary/aromatic N) is 1. The van der Waals surface area contributed by atoms with E-state index in [1.54, 1.807) is 0 Å². The molecule has 0 saturated heterocycles. The SMILES string of the molecule is CN(CCC1(N)CC1)C1CC1. The van der Waals surface area contributed by atoms with Gasteiger partial charge in [0, 0.05) is 11.6 Å². The summed E-state index contributed by atoms with van der Waals surface area (Å²) in [5.74, 6) is 0. The molecule has 0 aromatic rings. The Balaban J connectivity index is 1.65. The van der Waals surface area contributed by atoms with E-state index < -0.39 is 0 Å². The zero-order valence-corrected chi connectivity index (χ0v) is 7.34. The van der Waals surface area contributed by atoms with E-state index in [0.29, 0.717) is 0 Å². The summed E-state index contributed by atoms with van der Waals surface area (Å²) in [7, 11) is 2.23. The van der Waals surface area contributed by atoms with E-state index in [-0.39, 0.29) is 5.54 Å². The van der Waals surface area contributed by atoms with Crippen molar-refractivity contribution in [1.82, 2.24) is 4.90 Å². The van der Waals surface area contributed by atoms with Crippen LogP contribution in [0.2, 0.25) is 0 Å². The molecule has 0 heterocycles. The highest BCUT2D eigenvalue weighted by Crippen LogP contribution is 2.36. The van der Waals surface area contributed by atoms with Gasteiger partial charge in [0.15, 0.2) is 0 Å². The highest BCUT2D eigenvalue weighted by Gasteiger charge is 2.38. The predicted octanol–water partition coefficient (Wildman–Crippen LogP) is 0.962. The fourth-order valence-electron chi connectivity index (χ4n) is 1.51. The molecule has 64 valence electrons. The van der Waals surface area contributed by atoms with Gasteiger partial charge >= 0.3 is 0 Å². The van der Waals surface area contributed by atoms with Gasteiger partial charge in [-0.3, -0.25) is 0 Å². The Bertz CT molecular complexity index is 148. The second-order valence-electron chi connectivity index (χ2n) is 4.32. The van der Waals surface area contributed by atoms with E-state index in [0.717, 1.165) is 6.04 Å². The Morgan fingerprint density at radius 1 is 1.45 bits per heavy atom. The second-order valence-corrected chi connectivity index (χ2v) is 4.32. The van der Waals surface area contributed by atoms with E-state index in [1.165, 1.54) is 38.6 Å². The zero-order chi connectivity index (χ0) is 7.90. The molecular weight excluding hydrogens is 136 g/mol. The van der Waals surface area contributed by atoms with Crippen molar-refractivity contribution < 1.29 is 0 Å². The first-order valence-corrected chi connectivity index (χ1v) is 4.69. The fraction of sp³-hybridized carbons (Fsp3) is 1.00. The molecule has 0 aromatic heterocycles.